The van der Waals surface area contributed by atoms with E-state index < -0.39 is 10.0 Å². The highest BCUT2D eigenvalue weighted by Gasteiger charge is 2.34. The Balaban J connectivity index is 1.38. The molecular formula is C19H26N4O3S2. The van der Waals surface area contributed by atoms with E-state index >= 15 is 0 Å². The number of nitrogens with one attached hydrogen (secondary N) is 1. The lowest BCUT2D eigenvalue weighted by Crippen LogP contribution is -2.46. The van der Waals surface area contributed by atoms with Gasteiger partial charge in [-0.15, -0.1) is 0 Å². The number of benzene rings is 1. The zero-order valence-electron chi connectivity index (χ0n) is 16.0. The van der Waals surface area contributed by atoms with Gasteiger partial charge < -0.3 is 5.32 Å². The van der Waals surface area contributed by atoms with Gasteiger partial charge in [-0.3, -0.25) is 4.79 Å². The molecule has 1 saturated carbocycles. The van der Waals surface area contributed by atoms with Gasteiger partial charge in [0, 0.05) is 25.0 Å². The summed E-state index contributed by atoms with van der Waals surface area (Å²) in [5.41, 5.74) is 1.03. The molecule has 1 aliphatic heterocycles. The number of amides is 1. The van der Waals surface area contributed by atoms with Gasteiger partial charge in [-0.1, -0.05) is 13.0 Å². The lowest BCUT2D eigenvalue weighted by atomic mass is 9.87. The van der Waals surface area contributed by atoms with Crippen molar-refractivity contribution in [3.8, 4) is 0 Å². The fraction of sp³-hybridized carbons (Fsp3) is 0.632. The molecule has 2 fully saturated rings. The number of hydrogen-bond acceptors (Lipinski definition) is 6. The van der Waals surface area contributed by atoms with Crippen LogP contribution in [0.15, 0.2) is 23.1 Å². The van der Waals surface area contributed by atoms with Crippen molar-refractivity contribution < 1.29 is 13.2 Å². The second-order valence-electron chi connectivity index (χ2n) is 8.03. The molecule has 0 unspecified atom stereocenters. The maximum absolute atomic E-state index is 13.1. The molecule has 2 heterocycles. The molecule has 1 saturated heterocycles. The van der Waals surface area contributed by atoms with Gasteiger partial charge in [0.25, 0.3) is 0 Å². The highest BCUT2D eigenvalue weighted by Crippen LogP contribution is 2.29. The zero-order valence-corrected chi connectivity index (χ0v) is 17.6. The van der Waals surface area contributed by atoms with Crippen molar-refractivity contribution in [1.29, 1.82) is 0 Å². The molecule has 152 valence electrons. The largest absolute Gasteiger partial charge is 0.353 e. The number of carbonyl (C=O) groups excluding carboxylic acids is 1. The number of carbonyl (C=O) groups is 1. The Labute approximate surface area is 169 Å². The zero-order chi connectivity index (χ0) is 19.7. The fourth-order valence-electron chi connectivity index (χ4n) is 4.21. The summed E-state index contributed by atoms with van der Waals surface area (Å²) < 4.78 is 35.9. The molecule has 2 aliphatic rings. The van der Waals surface area contributed by atoms with Crippen molar-refractivity contribution in [1.82, 2.24) is 18.4 Å². The topological polar surface area (TPSA) is 92.3 Å². The summed E-state index contributed by atoms with van der Waals surface area (Å²) in [6.45, 7) is 2.97. The van der Waals surface area contributed by atoms with Crippen molar-refractivity contribution in [2.75, 3.05) is 13.1 Å². The van der Waals surface area contributed by atoms with Crippen LogP contribution in [0.2, 0.25) is 0 Å². The van der Waals surface area contributed by atoms with Crippen molar-refractivity contribution in [2.24, 2.45) is 11.8 Å². The number of sulfonamides is 1. The summed E-state index contributed by atoms with van der Waals surface area (Å²) in [5.74, 6) is 0.726. The summed E-state index contributed by atoms with van der Waals surface area (Å²) >= 11 is 1.01. The molecule has 0 bridgehead atoms. The van der Waals surface area contributed by atoms with E-state index in [4.69, 9.17) is 0 Å². The quantitative estimate of drug-likeness (QED) is 0.818. The van der Waals surface area contributed by atoms with Crippen LogP contribution in [-0.4, -0.2) is 46.5 Å². The summed E-state index contributed by atoms with van der Waals surface area (Å²) in [6, 6.07) is 5.32. The second kappa shape index (κ2) is 8.04. The first-order valence-electron chi connectivity index (χ1n) is 9.97. The van der Waals surface area contributed by atoms with Crippen LogP contribution < -0.4 is 5.32 Å². The Bertz CT molecular complexity index is 943. The highest BCUT2D eigenvalue weighted by atomic mass is 32.2. The van der Waals surface area contributed by atoms with E-state index in [1.54, 1.807) is 18.2 Å². The van der Waals surface area contributed by atoms with Gasteiger partial charge in [0.15, 0.2) is 0 Å². The molecule has 0 radical (unpaired) electrons. The molecule has 4 rings (SSSR count). The Morgan fingerprint density at radius 1 is 1.11 bits per heavy atom. The van der Waals surface area contributed by atoms with Gasteiger partial charge in [0.2, 0.25) is 15.9 Å². The first kappa shape index (κ1) is 19.7. The molecule has 0 spiro atoms. The van der Waals surface area contributed by atoms with Crippen LogP contribution in [0.25, 0.3) is 11.0 Å². The first-order chi connectivity index (χ1) is 13.4. The van der Waals surface area contributed by atoms with Crippen molar-refractivity contribution in [3.63, 3.8) is 0 Å². The molecule has 7 nitrogen and oxygen atoms in total. The van der Waals surface area contributed by atoms with Gasteiger partial charge >= 0.3 is 0 Å². The average molecular weight is 423 g/mol. The Kier molecular flexibility index (Phi) is 5.66. The van der Waals surface area contributed by atoms with E-state index in [1.165, 1.54) is 17.1 Å². The third-order valence-corrected chi connectivity index (χ3v) is 8.53. The number of nitrogens with zero attached hydrogens (tertiary/aromatic N) is 3. The van der Waals surface area contributed by atoms with E-state index in [0.717, 1.165) is 30.5 Å². The number of hydrogen-bond donors (Lipinski definition) is 1. The molecule has 1 amide bonds. The van der Waals surface area contributed by atoms with Crippen LogP contribution >= 0.6 is 11.7 Å². The maximum atomic E-state index is 13.1. The maximum Gasteiger partial charge on any atom is 0.245 e. The van der Waals surface area contributed by atoms with Gasteiger partial charge in [0.05, 0.1) is 11.7 Å². The Hall–Kier alpha value is -1.58. The summed E-state index contributed by atoms with van der Waals surface area (Å²) in [4.78, 5) is 12.8. The molecule has 2 aromatic rings. The number of piperidine rings is 1. The molecule has 1 aliphatic carbocycles. The fourth-order valence-corrected chi connectivity index (χ4v) is 6.43. The Morgan fingerprint density at radius 3 is 2.54 bits per heavy atom. The molecule has 28 heavy (non-hydrogen) atoms. The molecule has 1 aromatic carbocycles. The van der Waals surface area contributed by atoms with Crippen LogP contribution in [-0.2, 0) is 14.8 Å². The SMILES string of the molecule is CC1CCC(NC(=O)C2CCN(S(=O)(=O)c3cccc4nsnc34)CC2)CC1. The third-order valence-electron chi connectivity index (χ3n) is 6.05. The summed E-state index contributed by atoms with van der Waals surface area (Å²) in [6.07, 6.45) is 5.54. The van der Waals surface area contributed by atoms with Crippen molar-refractivity contribution in [2.45, 2.75) is 56.4 Å². The molecule has 9 heteroatoms. The standard InChI is InChI=1S/C19H26N4O3S2/c1-13-5-7-15(8-6-13)20-19(24)14-9-11-23(12-10-14)28(25,26)17-4-2-3-16-18(17)22-27-21-16/h2-4,13-15H,5-12H2,1H3,(H,20,24). The van der Waals surface area contributed by atoms with Crippen molar-refractivity contribution in [3.05, 3.63) is 18.2 Å². The van der Waals surface area contributed by atoms with Gasteiger partial charge in [-0.2, -0.15) is 13.1 Å². The predicted octanol–water partition coefficient (Wildman–Crippen LogP) is 2.79. The lowest BCUT2D eigenvalue weighted by molar-refractivity contribution is -0.127. The minimum Gasteiger partial charge on any atom is -0.353 e. The second-order valence-corrected chi connectivity index (χ2v) is 10.5. The van der Waals surface area contributed by atoms with Crippen LogP contribution in [0.5, 0.6) is 0 Å². The number of rotatable bonds is 4. The smallest absolute Gasteiger partial charge is 0.245 e. The van der Waals surface area contributed by atoms with Gasteiger partial charge in [0.1, 0.15) is 15.9 Å². The molecule has 1 N–H and O–H groups in total. The minimum absolute atomic E-state index is 0.0856. The van der Waals surface area contributed by atoms with Crippen LogP contribution in [0.3, 0.4) is 0 Å². The molecular weight excluding hydrogens is 396 g/mol. The van der Waals surface area contributed by atoms with E-state index in [0.29, 0.717) is 37.0 Å². The summed E-state index contributed by atoms with van der Waals surface area (Å²) in [7, 11) is -3.64. The molecule has 0 atom stereocenters. The van der Waals surface area contributed by atoms with E-state index in [-0.39, 0.29) is 22.8 Å². The van der Waals surface area contributed by atoms with E-state index in [2.05, 4.69) is 21.0 Å². The Morgan fingerprint density at radius 2 is 1.82 bits per heavy atom. The minimum atomic E-state index is -3.64. The monoisotopic (exact) mass is 422 g/mol. The summed E-state index contributed by atoms with van der Waals surface area (Å²) in [5, 5.41) is 3.19. The van der Waals surface area contributed by atoms with E-state index in [1.807, 2.05) is 0 Å². The van der Waals surface area contributed by atoms with Crippen molar-refractivity contribution >= 4 is 38.7 Å². The normalized spacial score (nSPS) is 25.0. The average Bonchev–Trinajstić information content (AvgIpc) is 3.18. The third kappa shape index (κ3) is 3.92. The number of fused-ring (bicyclic) bond motifs is 1. The van der Waals surface area contributed by atoms with Crippen LogP contribution in [0.4, 0.5) is 0 Å². The first-order valence-corrected chi connectivity index (χ1v) is 12.1. The molecule has 1 aromatic heterocycles. The van der Waals surface area contributed by atoms with Gasteiger partial charge in [-0.05, 0) is 56.6 Å². The van der Waals surface area contributed by atoms with Gasteiger partial charge in [-0.25, -0.2) is 8.42 Å². The predicted molar refractivity (Wildman–Crippen MR) is 108 cm³/mol. The van der Waals surface area contributed by atoms with Crippen LogP contribution in [0, 0.1) is 11.8 Å². The van der Waals surface area contributed by atoms with E-state index in [9.17, 15) is 13.2 Å². The van der Waals surface area contributed by atoms with Crippen LogP contribution in [0.1, 0.15) is 45.4 Å². The number of aromatic nitrogens is 2. The highest BCUT2D eigenvalue weighted by molar-refractivity contribution is 7.89. The lowest BCUT2D eigenvalue weighted by Gasteiger charge is -2.32.